The Balaban J connectivity index is 0.000000197. The molecule has 8 nitrogen and oxygen atoms in total. The average Bonchev–Trinajstić information content (AvgIpc) is 3.10. The lowest BCUT2D eigenvalue weighted by atomic mass is 10.1. The average molecular weight is 354 g/mol. The van der Waals surface area contributed by atoms with Crippen molar-refractivity contribution in [2.75, 3.05) is 6.54 Å². The zero-order valence-corrected chi connectivity index (χ0v) is 14.2. The van der Waals surface area contributed by atoms with Gasteiger partial charge in [-0.15, -0.1) is 0 Å². The summed E-state index contributed by atoms with van der Waals surface area (Å²) in [6.07, 6.45) is 5.06. The third-order valence-corrected chi connectivity index (χ3v) is 3.36. The Kier molecular flexibility index (Phi) is 6.99. The van der Waals surface area contributed by atoms with Gasteiger partial charge in [-0.05, 0) is 31.0 Å². The summed E-state index contributed by atoms with van der Waals surface area (Å²) in [4.78, 5) is 23.9. The molecule has 26 heavy (non-hydrogen) atoms. The van der Waals surface area contributed by atoms with Gasteiger partial charge in [-0.1, -0.05) is 17.3 Å². The first-order valence-corrected chi connectivity index (χ1v) is 7.84. The molecule has 0 saturated heterocycles. The monoisotopic (exact) mass is 354 g/mol. The number of nitro benzene ring substituents is 1. The molecule has 0 atom stereocenters. The molecular formula is C18H18N4O4. The first-order chi connectivity index (χ1) is 12.6. The van der Waals surface area contributed by atoms with Crippen LogP contribution in [0.15, 0.2) is 59.4 Å². The number of carbonyl (C=O) groups excluding carboxylic acids is 1. The molecule has 0 saturated carbocycles. The topological polar surface area (TPSA) is 111 Å². The van der Waals surface area contributed by atoms with Crippen molar-refractivity contribution < 1.29 is 14.2 Å². The first-order valence-electron chi connectivity index (χ1n) is 7.84. The number of amides is 1. The normalized spacial score (nSPS) is 9.73. The van der Waals surface area contributed by atoms with E-state index in [2.05, 4.69) is 15.5 Å². The van der Waals surface area contributed by atoms with Gasteiger partial charge in [-0.3, -0.25) is 19.9 Å². The number of aryl methyl sites for hydroxylation is 1. The quantitative estimate of drug-likeness (QED) is 0.315. The molecule has 0 aliphatic carbocycles. The zero-order chi connectivity index (χ0) is 18.8. The fourth-order valence-corrected chi connectivity index (χ4v) is 2.10. The van der Waals surface area contributed by atoms with Crippen molar-refractivity contribution in [3.63, 3.8) is 0 Å². The van der Waals surface area contributed by atoms with E-state index in [9.17, 15) is 14.9 Å². The van der Waals surface area contributed by atoms with E-state index in [-0.39, 0.29) is 5.69 Å². The molecule has 134 valence electrons. The van der Waals surface area contributed by atoms with E-state index in [1.54, 1.807) is 37.5 Å². The predicted molar refractivity (Wildman–Crippen MR) is 95.3 cm³/mol. The second kappa shape index (κ2) is 9.67. The van der Waals surface area contributed by atoms with Gasteiger partial charge in [0.25, 0.3) is 5.69 Å². The van der Waals surface area contributed by atoms with Crippen molar-refractivity contribution >= 4 is 12.1 Å². The van der Waals surface area contributed by atoms with Crippen LogP contribution in [-0.2, 0) is 11.2 Å². The number of benzene rings is 1. The van der Waals surface area contributed by atoms with Crippen LogP contribution < -0.4 is 5.32 Å². The number of aromatic nitrogens is 2. The lowest BCUT2D eigenvalue weighted by molar-refractivity contribution is -0.384. The minimum Gasteiger partial charge on any atom is -0.358 e. The minimum atomic E-state index is -0.438. The zero-order valence-electron chi connectivity index (χ0n) is 14.2. The molecule has 0 bridgehead atoms. The highest BCUT2D eigenvalue weighted by Crippen LogP contribution is 2.24. The smallest absolute Gasteiger partial charge is 0.270 e. The maximum Gasteiger partial charge on any atom is 0.270 e. The summed E-state index contributed by atoms with van der Waals surface area (Å²) in [6, 6.07) is 11.9. The van der Waals surface area contributed by atoms with Crippen LogP contribution >= 0.6 is 0 Å². The van der Waals surface area contributed by atoms with Crippen molar-refractivity contribution in [1.82, 2.24) is 15.5 Å². The van der Waals surface area contributed by atoms with Crippen molar-refractivity contribution in [3.05, 3.63) is 76.2 Å². The van der Waals surface area contributed by atoms with Gasteiger partial charge in [0.2, 0.25) is 6.41 Å². The Morgan fingerprint density at radius 2 is 2.00 bits per heavy atom. The van der Waals surface area contributed by atoms with E-state index < -0.39 is 4.92 Å². The molecule has 2 aromatic heterocycles. The lowest BCUT2D eigenvalue weighted by Gasteiger charge is -1.97. The molecule has 8 heteroatoms. The van der Waals surface area contributed by atoms with Gasteiger partial charge in [0.05, 0.1) is 10.6 Å². The SMILES string of the molecule is Cc1cc(-c2cccc([N+](=O)[O-])c2)on1.O=CNCCc1ccncc1. The summed E-state index contributed by atoms with van der Waals surface area (Å²) in [5, 5.41) is 16.9. The number of rotatable bonds is 6. The molecule has 1 N–H and O–H groups in total. The van der Waals surface area contributed by atoms with Crippen molar-refractivity contribution in [2.24, 2.45) is 0 Å². The first kappa shape index (κ1) is 18.8. The highest BCUT2D eigenvalue weighted by molar-refractivity contribution is 5.60. The number of carbonyl (C=O) groups is 1. The molecule has 1 amide bonds. The Morgan fingerprint density at radius 1 is 1.23 bits per heavy atom. The number of non-ortho nitro benzene ring substituents is 1. The molecule has 0 aliphatic rings. The van der Waals surface area contributed by atoms with Crippen LogP contribution in [0.4, 0.5) is 5.69 Å². The summed E-state index contributed by atoms with van der Waals surface area (Å²) in [5.41, 5.74) is 2.64. The molecule has 0 radical (unpaired) electrons. The van der Waals surface area contributed by atoms with Gasteiger partial charge in [0, 0.05) is 42.7 Å². The van der Waals surface area contributed by atoms with Crippen LogP contribution in [0.2, 0.25) is 0 Å². The van der Waals surface area contributed by atoms with Gasteiger partial charge >= 0.3 is 0 Å². The summed E-state index contributed by atoms with van der Waals surface area (Å²) >= 11 is 0. The third-order valence-electron chi connectivity index (χ3n) is 3.36. The molecule has 0 unspecified atom stereocenters. The highest BCUT2D eigenvalue weighted by atomic mass is 16.6. The van der Waals surface area contributed by atoms with E-state index in [1.807, 2.05) is 12.1 Å². The van der Waals surface area contributed by atoms with Crippen LogP contribution in [0, 0.1) is 17.0 Å². The Bertz CT molecular complexity index is 849. The maximum atomic E-state index is 10.5. The number of pyridine rings is 1. The van der Waals surface area contributed by atoms with Crippen LogP contribution in [0.5, 0.6) is 0 Å². The van der Waals surface area contributed by atoms with Gasteiger partial charge in [-0.25, -0.2) is 0 Å². The van der Waals surface area contributed by atoms with Gasteiger partial charge in [-0.2, -0.15) is 0 Å². The van der Waals surface area contributed by atoms with E-state index in [0.29, 0.717) is 24.3 Å². The predicted octanol–water partition coefficient (Wildman–Crippen LogP) is 2.93. The van der Waals surface area contributed by atoms with Crippen LogP contribution in [0.25, 0.3) is 11.3 Å². The van der Waals surface area contributed by atoms with Gasteiger partial charge in [0.15, 0.2) is 5.76 Å². The summed E-state index contributed by atoms with van der Waals surface area (Å²) in [5.74, 6) is 0.538. The summed E-state index contributed by atoms with van der Waals surface area (Å²) < 4.78 is 5.01. The molecule has 0 aliphatic heterocycles. The van der Waals surface area contributed by atoms with Crippen molar-refractivity contribution in [2.45, 2.75) is 13.3 Å². The molecule has 0 fully saturated rings. The summed E-state index contributed by atoms with van der Waals surface area (Å²) in [7, 11) is 0. The van der Waals surface area contributed by atoms with Crippen LogP contribution in [-0.4, -0.2) is 28.0 Å². The highest BCUT2D eigenvalue weighted by Gasteiger charge is 2.09. The number of nitro groups is 1. The van der Waals surface area contributed by atoms with Gasteiger partial charge < -0.3 is 9.84 Å². The van der Waals surface area contributed by atoms with E-state index >= 15 is 0 Å². The molecule has 1 aromatic carbocycles. The van der Waals surface area contributed by atoms with Crippen LogP contribution in [0.3, 0.4) is 0 Å². The Hall–Kier alpha value is -3.55. The molecule has 3 rings (SSSR count). The summed E-state index contributed by atoms with van der Waals surface area (Å²) in [6.45, 7) is 2.48. The maximum absolute atomic E-state index is 10.5. The van der Waals surface area contributed by atoms with Crippen molar-refractivity contribution in [3.8, 4) is 11.3 Å². The van der Waals surface area contributed by atoms with Crippen LogP contribution in [0.1, 0.15) is 11.3 Å². The Morgan fingerprint density at radius 3 is 2.62 bits per heavy atom. The fourth-order valence-electron chi connectivity index (χ4n) is 2.10. The molecule has 3 aromatic rings. The molecule has 2 heterocycles. The second-order valence-corrected chi connectivity index (χ2v) is 5.32. The Labute approximate surface area is 150 Å². The van der Waals surface area contributed by atoms with E-state index in [4.69, 9.17) is 4.52 Å². The van der Waals surface area contributed by atoms with E-state index in [0.717, 1.165) is 12.1 Å². The third kappa shape index (κ3) is 5.82. The number of hydrogen-bond acceptors (Lipinski definition) is 6. The largest absolute Gasteiger partial charge is 0.358 e. The minimum absolute atomic E-state index is 0.0431. The lowest BCUT2D eigenvalue weighted by Crippen LogP contribution is -2.14. The number of hydrogen-bond donors (Lipinski definition) is 1. The number of nitrogens with zero attached hydrogens (tertiary/aromatic N) is 3. The molecule has 0 spiro atoms. The van der Waals surface area contributed by atoms with E-state index in [1.165, 1.54) is 17.7 Å². The number of nitrogens with one attached hydrogen (secondary N) is 1. The fraction of sp³-hybridized carbons (Fsp3) is 0.167. The standard InChI is InChI=1S/C10H8N2O3.C8H10N2O/c1-7-5-10(15-11-7)8-3-2-4-9(6-8)12(13)14;11-7-10-6-3-8-1-4-9-5-2-8/h2-6H,1H3;1-2,4-5,7H,3,6H2,(H,10,11). The van der Waals surface area contributed by atoms with Crippen molar-refractivity contribution in [1.29, 1.82) is 0 Å². The van der Waals surface area contributed by atoms with Gasteiger partial charge in [0.1, 0.15) is 0 Å². The molecular weight excluding hydrogens is 336 g/mol. The second-order valence-electron chi connectivity index (χ2n) is 5.32.